The van der Waals surface area contributed by atoms with Crippen molar-refractivity contribution < 1.29 is 22.7 Å². The van der Waals surface area contributed by atoms with Crippen LogP contribution in [0.2, 0.25) is 0 Å². The summed E-state index contributed by atoms with van der Waals surface area (Å²) in [5.41, 5.74) is 3.07. The van der Waals surface area contributed by atoms with Gasteiger partial charge in [0.25, 0.3) is 0 Å². The van der Waals surface area contributed by atoms with E-state index in [1.807, 2.05) is 13.8 Å². The number of methoxy groups -OCH3 is 1. The van der Waals surface area contributed by atoms with Gasteiger partial charge in [0.15, 0.2) is 0 Å². The number of carbonyl (C=O) groups is 2. The molecule has 32 heavy (non-hydrogen) atoms. The second-order valence-corrected chi connectivity index (χ2v) is 9.80. The van der Waals surface area contributed by atoms with E-state index in [0.29, 0.717) is 30.0 Å². The van der Waals surface area contributed by atoms with Crippen LogP contribution in [0, 0.1) is 13.8 Å². The summed E-state index contributed by atoms with van der Waals surface area (Å²) in [7, 11) is -2.26. The fourth-order valence-corrected chi connectivity index (χ4v) is 5.12. The Morgan fingerprint density at radius 2 is 1.62 bits per heavy atom. The van der Waals surface area contributed by atoms with Crippen molar-refractivity contribution in [1.82, 2.24) is 4.31 Å². The monoisotopic (exact) mass is 459 g/mol. The van der Waals surface area contributed by atoms with E-state index in [4.69, 9.17) is 4.74 Å². The summed E-state index contributed by atoms with van der Waals surface area (Å²) in [5, 5.41) is 5.81. The summed E-state index contributed by atoms with van der Waals surface area (Å²) in [6.45, 7) is 4.68. The third kappa shape index (κ3) is 5.46. The van der Waals surface area contributed by atoms with Gasteiger partial charge in [-0.1, -0.05) is 18.6 Å². The lowest BCUT2D eigenvalue weighted by Gasteiger charge is -2.26. The molecular weight excluding hydrogens is 430 g/mol. The van der Waals surface area contributed by atoms with Gasteiger partial charge < -0.3 is 15.4 Å². The molecule has 0 aromatic heterocycles. The molecule has 1 aliphatic heterocycles. The average molecular weight is 460 g/mol. The summed E-state index contributed by atoms with van der Waals surface area (Å²) < 4.78 is 32.2. The normalized spacial score (nSPS) is 14.6. The molecule has 172 valence electrons. The van der Waals surface area contributed by atoms with E-state index in [-0.39, 0.29) is 17.3 Å². The van der Waals surface area contributed by atoms with Crippen LogP contribution in [0.25, 0.3) is 0 Å². The molecule has 1 fully saturated rings. The third-order valence-corrected chi connectivity index (χ3v) is 7.43. The molecule has 2 N–H and O–H groups in total. The molecular formula is C23H29N3O5S. The van der Waals surface area contributed by atoms with Gasteiger partial charge in [0.2, 0.25) is 15.9 Å². The lowest BCUT2D eigenvalue weighted by atomic mass is 10.1. The van der Waals surface area contributed by atoms with Gasteiger partial charge in [0, 0.05) is 24.5 Å². The van der Waals surface area contributed by atoms with Crippen LogP contribution in [-0.4, -0.2) is 51.3 Å². The fraction of sp³-hybridized carbons (Fsp3) is 0.391. The molecule has 0 atom stereocenters. The van der Waals surface area contributed by atoms with Crippen molar-refractivity contribution in [2.45, 2.75) is 38.0 Å². The number of piperidine rings is 1. The number of rotatable bonds is 7. The average Bonchev–Trinajstić information content (AvgIpc) is 2.79. The first-order valence-electron chi connectivity index (χ1n) is 10.6. The Morgan fingerprint density at radius 1 is 0.969 bits per heavy atom. The molecule has 0 unspecified atom stereocenters. The minimum absolute atomic E-state index is 0.0596. The predicted octanol–water partition coefficient (Wildman–Crippen LogP) is 3.32. The van der Waals surface area contributed by atoms with Crippen LogP contribution >= 0.6 is 0 Å². The molecule has 0 bridgehead atoms. The number of nitrogens with zero attached hydrogens (tertiary/aromatic N) is 1. The number of esters is 1. The van der Waals surface area contributed by atoms with Crippen molar-refractivity contribution >= 4 is 33.3 Å². The molecule has 1 saturated heterocycles. The van der Waals surface area contributed by atoms with Crippen LogP contribution in [-0.2, 0) is 19.6 Å². The zero-order valence-electron chi connectivity index (χ0n) is 18.6. The van der Waals surface area contributed by atoms with Gasteiger partial charge in [-0.15, -0.1) is 0 Å². The molecule has 0 aliphatic carbocycles. The Balaban J connectivity index is 1.70. The number of hydrogen-bond donors (Lipinski definition) is 2. The van der Waals surface area contributed by atoms with Gasteiger partial charge in [-0.2, -0.15) is 4.31 Å². The van der Waals surface area contributed by atoms with Crippen LogP contribution in [0.4, 0.5) is 11.4 Å². The Hall–Kier alpha value is -2.91. The summed E-state index contributed by atoms with van der Waals surface area (Å²) in [6.07, 6.45) is 2.78. The Bertz CT molecular complexity index is 1110. The molecule has 1 heterocycles. The number of hydrogen-bond acceptors (Lipinski definition) is 6. The van der Waals surface area contributed by atoms with Crippen molar-refractivity contribution in [3.8, 4) is 0 Å². The molecule has 2 aromatic carbocycles. The number of ether oxygens (including phenoxy) is 1. The molecule has 1 amide bonds. The van der Waals surface area contributed by atoms with Crippen LogP contribution in [0.15, 0.2) is 41.3 Å². The van der Waals surface area contributed by atoms with Crippen molar-refractivity contribution in [3.63, 3.8) is 0 Å². The van der Waals surface area contributed by atoms with Crippen LogP contribution in [0.1, 0.15) is 40.7 Å². The van der Waals surface area contributed by atoms with Gasteiger partial charge in [-0.3, -0.25) is 4.79 Å². The largest absolute Gasteiger partial charge is 0.465 e. The molecule has 8 nitrogen and oxygen atoms in total. The van der Waals surface area contributed by atoms with Crippen LogP contribution in [0.5, 0.6) is 0 Å². The first-order valence-corrected chi connectivity index (χ1v) is 12.0. The number of sulfonamides is 1. The molecule has 9 heteroatoms. The topological polar surface area (TPSA) is 105 Å². The predicted molar refractivity (Wildman–Crippen MR) is 123 cm³/mol. The fourth-order valence-electron chi connectivity index (χ4n) is 3.58. The molecule has 0 spiro atoms. The minimum Gasteiger partial charge on any atom is -0.465 e. The third-order valence-electron chi connectivity index (χ3n) is 5.53. The van der Waals surface area contributed by atoms with Gasteiger partial charge in [0.1, 0.15) is 0 Å². The number of carbonyl (C=O) groups excluding carboxylic acids is 2. The molecule has 0 radical (unpaired) electrons. The van der Waals surface area contributed by atoms with E-state index < -0.39 is 16.0 Å². The second-order valence-electron chi connectivity index (χ2n) is 7.86. The number of nitrogens with one attached hydrogen (secondary N) is 2. The second kappa shape index (κ2) is 10.1. The highest BCUT2D eigenvalue weighted by atomic mass is 32.2. The standard InChI is InChI=1S/C23H29N3O5S/c1-16-8-10-19(32(29,30)26-11-5-4-6-12-26)14-20(16)24-15-22(27)25-21-13-18(23(28)31-3)9-7-17(21)2/h7-10,13-14,24H,4-6,11-12,15H2,1-3H3,(H,25,27). The van der Waals surface area contributed by atoms with E-state index in [1.165, 1.54) is 11.4 Å². The van der Waals surface area contributed by atoms with E-state index in [2.05, 4.69) is 10.6 Å². The maximum atomic E-state index is 13.0. The van der Waals surface area contributed by atoms with E-state index in [9.17, 15) is 18.0 Å². The van der Waals surface area contributed by atoms with Crippen molar-refractivity contribution in [1.29, 1.82) is 0 Å². The van der Waals surface area contributed by atoms with Crippen molar-refractivity contribution in [2.24, 2.45) is 0 Å². The van der Waals surface area contributed by atoms with Gasteiger partial charge >= 0.3 is 5.97 Å². The van der Waals surface area contributed by atoms with E-state index in [0.717, 1.165) is 30.4 Å². The maximum Gasteiger partial charge on any atom is 0.337 e. The summed E-state index contributed by atoms with van der Waals surface area (Å²) in [5.74, 6) is -0.806. The number of anilines is 2. The lowest BCUT2D eigenvalue weighted by Crippen LogP contribution is -2.35. The molecule has 0 saturated carbocycles. The minimum atomic E-state index is -3.56. The number of benzene rings is 2. The Kier molecular flexibility index (Phi) is 7.52. The quantitative estimate of drug-likeness (QED) is 0.616. The van der Waals surface area contributed by atoms with E-state index in [1.54, 1.807) is 36.4 Å². The van der Waals surface area contributed by atoms with Crippen molar-refractivity contribution in [3.05, 3.63) is 53.1 Å². The summed E-state index contributed by atoms with van der Waals surface area (Å²) in [4.78, 5) is 24.5. The first kappa shape index (κ1) is 23.7. The number of amides is 1. The summed E-state index contributed by atoms with van der Waals surface area (Å²) in [6, 6.07) is 9.85. The highest BCUT2D eigenvalue weighted by Gasteiger charge is 2.26. The van der Waals surface area contributed by atoms with Gasteiger partial charge in [-0.25, -0.2) is 13.2 Å². The number of aryl methyl sites for hydroxylation is 2. The van der Waals surface area contributed by atoms with Gasteiger partial charge in [0.05, 0.1) is 24.1 Å². The van der Waals surface area contributed by atoms with E-state index >= 15 is 0 Å². The maximum absolute atomic E-state index is 13.0. The smallest absolute Gasteiger partial charge is 0.337 e. The zero-order chi connectivity index (χ0) is 23.3. The lowest BCUT2D eigenvalue weighted by molar-refractivity contribution is -0.114. The molecule has 3 rings (SSSR count). The highest BCUT2D eigenvalue weighted by molar-refractivity contribution is 7.89. The van der Waals surface area contributed by atoms with Crippen LogP contribution < -0.4 is 10.6 Å². The van der Waals surface area contributed by atoms with Crippen molar-refractivity contribution in [2.75, 3.05) is 37.4 Å². The molecule has 2 aromatic rings. The molecule has 1 aliphatic rings. The SMILES string of the molecule is COC(=O)c1ccc(C)c(NC(=O)CNc2cc(S(=O)(=O)N3CCCCC3)ccc2C)c1. The zero-order valence-corrected chi connectivity index (χ0v) is 19.4. The Morgan fingerprint density at radius 3 is 2.31 bits per heavy atom. The first-order chi connectivity index (χ1) is 15.2. The highest BCUT2D eigenvalue weighted by Crippen LogP contribution is 2.25. The summed E-state index contributed by atoms with van der Waals surface area (Å²) >= 11 is 0. The van der Waals surface area contributed by atoms with Crippen LogP contribution in [0.3, 0.4) is 0 Å². The van der Waals surface area contributed by atoms with Gasteiger partial charge in [-0.05, 0) is 62.1 Å². The Labute approximate surface area is 189 Å².